The second-order valence-electron chi connectivity index (χ2n) is 5.89. The number of nitro benzene ring substituents is 1. The van der Waals surface area contributed by atoms with E-state index in [1.165, 1.54) is 11.6 Å². The van der Waals surface area contributed by atoms with E-state index in [1.807, 2.05) is 25.1 Å². The van der Waals surface area contributed by atoms with Crippen molar-refractivity contribution in [1.29, 1.82) is 0 Å². The first-order valence-corrected chi connectivity index (χ1v) is 7.80. The maximum Gasteiger partial charge on any atom is 0.269 e. The monoisotopic (exact) mass is 312 g/mol. The second kappa shape index (κ2) is 6.79. The maximum atomic E-state index is 10.8. The number of nitrogens with zero attached hydrogens (tertiary/aromatic N) is 1. The molecule has 0 amide bonds. The van der Waals surface area contributed by atoms with E-state index in [1.54, 1.807) is 12.1 Å². The fourth-order valence-electron chi connectivity index (χ4n) is 3.05. The molecule has 5 heteroatoms. The molecule has 1 heterocycles. The molecule has 1 saturated heterocycles. The maximum absolute atomic E-state index is 10.8. The molecule has 2 atom stereocenters. The van der Waals surface area contributed by atoms with E-state index in [0.29, 0.717) is 5.92 Å². The molecule has 2 unspecified atom stereocenters. The summed E-state index contributed by atoms with van der Waals surface area (Å²) < 4.78 is 5.89. The highest BCUT2D eigenvalue weighted by Crippen LogP contribution is 2.34. The number of ether oxygens (including phenoxy) is 1. The van der Waals surface area contributed by atoms with Crippen LogP contribution >= 0.6 is 0 Å². The smallest absolute Gasteiger partial charge is 0.269 e. The predicted molar refractivity (Wildman–Crippen MR) is 89.6 cm³/mol. The molecule has 23 heavy (non-hydrogen) atoms. The van der Waals surface area contributed by atoms with Gasteiger partial charge in [0, 0.05) is 36.9 Å². The number of hydrogen-bond acceptors (Lipinski definition) is 4. The Labute approximate surface area is 135 Å². The Morgan fingerprint density at radius 3 is 2.74 bits per heavy atom. The first-order chi connectivity index (χ1) is 11.1. The van der Waals surface area contributed by atoms with Gasteiger partial charge in [-0.15, -0.1) is 0 Å². The highest BCUT2D eigenvalue weighted by Gasteiger charge is 2.29. The van der Waals surface area contributed by atoms with Crippen LogP contribution in [0.5, 0.6) is 0 Å². The minimum Gasteiger partial charge on any atom is -0.384 e. The van der Waals surface area contributed by atoms with Crippen molar-refractivity contribution < 1.29 is 9.66 Å². The quantitative estimate of drug-likeness (QED) is 0.667. The summed E-state index contributed by atoms with van der Waals surface area (Å²) in [7, 11) is 0. The molecule has 0 saturated carbocycles. The number of nitrogens with one attached hydrogen (secondary N) is 1. The van der Waals surface area contributed by atoms with Gasteiger partial charge in [-0.05, 0) is 30.5 Å². The second-order valence-corrected chi connectivity index (χ2v) is 5.89. The molecular formula is C18H20N2O3. The highest BCUT2D eigenvalue weighted by atomic mass is 16.6. The zero-order valence-corrected chi connectivity index (χ0v) is 13.1. The van der Waals surface area contributed by atoms with Crippen LogP contribution in [0.15, 0.2) is 48.5 Å². The number of rotatable bonds is 5. The fraction of sp³-hybridized carbons (Fsp3) is 0.333. The molecule has 1 aliphatic heterocycles. The minimum absolute atomic E-state index is 0.113. The van der Waals surface area contributed by atoms with Crippen LogP contribution in [0.4, 0.5) is 11.4 Å². The van der Waals surface area contributed by atoms with Crippen LogP contribution < -0.4 is 5.32 Å². The molecule has 3 rings (SSSR count). The summed E-state index contributed by atoms with van der Waals surface area (Å²) in [6, 6.07) is 15.2. The lowest BCUT2D eigenvalue weighted by Crippen LogP contribution is -2.18. The number of aryl methyl sites for hydroxylation is 1. The summed E-state index contributed by atoms with van der Waals surface area (Å²) in [5.74, 6) is 0.395. The number of non-ortho nitro benzene ring substituents is 1. The van der Waals surface area contributed by atoms with Crippen molar-refractivity contribution in [1.82, 2.24) is 0 Å². The van der Waals surface area contributed by atoms with Gasteiger partial charge in [-0.3, -0.25) is 10.1 Å². The van der Waals surface area contributed by atoms with Gasteiger partial charge in [-0.1, -0.05) is 30.3 Å². The Balaban J connectivity index is 1.67. The Morgan fingerprint density at radius 2 is 2.04 bits per heavy atom. The lowest BCUT2D eigenvalue weighted by Gasteiger charge is -2.20. The van der Waals surface area contributed by atoms with Crippen LogP contribution in [-0.4, -0.2) is 18.1 Å². The molecular weight excluding hydrogens is 292 g/mol. The standard InChI is InChI=1S/C18H20N2O3/c1-13-11-16(20(21)22)7-8-17(13)19-12-15-9-10-23-18(15)14-5-3-2-4-6-14/h2-8,11,15,18-19H,9-10,12H2,1H3. The number of anilines is 1. The fourth-order valence-corrected chi connectivity index (χ4v) is 3.05. The van der Waals surface area contributed by atoms with Crippen LogP contribution in [0.2, 0.25) is 0 Å². The Bertz CT molecular complexity index is 688. The van der Waals surface area contributed by atoms with Crippen LogP contribution in [-0.2, 0) is 4.74 Å². The Hall–Kier alpha value is -2.40. The number of hydrogen-bond donors (Lipinski definition) is 1. The lowest BCUT2D eigenvalue weighted by molar-refractivity contribution is -0.384. The van der Waals surface area contributed by atoms with Crippen LogP contribution in [0.1, 0.15) is 23.7 Å². The third kappa shape index (κ3) is 3.51. The molecule has 0 aliphatic carbocycles. The van der Waals surface area contributed by atoms with E-state index in [2.05, 4.69) is 17.4 Å². The molecule has 0 spiro atoms. The van der Waals surface area contributed by atoms with E-state index in [-0.39, 0.29) is 16.7 Å². The van der Waals surface area contributed by atoms with Crippen molar-refractivity contribution in [2.45, 2.75) is 19.4 Å². The Morgan fingerprint density at radius 1 is 1.26 bits per heavy atom. The first-order valence-electron chi connectivity index (χ1n) is 7.80. The van der Waals surface area contributed by atoms with Gasteiger partial charge >= 0.3 is 0 Å². The lowest BCUT2D eigenvalue weighted by atomic mass is 9.95. The topological polar surface area (TPSA) is 64.4 Å². The average Bonchev–Trinajstić information content (AvgIpc) is 3.03. The molecule has 1 fully saturated rings. The van der Waals surface area contributed by atoms with E-state index in [9.17, 15) is 10.1 Å². The molecule has 2 aromatic rings. The molecule has 120 valence electrons. The number of nitro groups is 1. The van der Waals surface area contributed by atoms with Gasteiger partial charge in [-0.2, -0.15) is 0 Å². The normalized spacial score (nSPS) is 20.4. The van der Waals surface area contributed by atoms with E-state index in [0.717, 1.165) is 30.8 Å². The van der Waals surface area contributed by atoms with Gasteiger partial charge in [0.15, 0.2) is 0 Å². The largest absolute Gasteiger partial charge is 0.384 e. The SMILES string of the molecule is Cc1cc([N+](=O)[O-])ccc1NCC1CCOC1c1ccccc1. The van der Waals surface area contributed by atoms with Gasteiger partial charge in [0.05, 0.1) is 11.0 Å². The molecule has 2 aromatic carbocycles. The van der Waals surface area contributed by atoms with Crippen LogP contribution in [0, 0.1) is 23.0 Å². The van der Waals surface area contributed by atoms with Crippen molar-refractivity contribution in [3.05, 3.63) is 69.8 Å². The van der Waals surface area contributed by atoms with E-state index < -0.39 is 0 Å². The minimum atomic E-state index is -0.368. The summed E-state index contributed by atoms with van der Waals surface area (Å²) in [5.41, 5.74) is 3.15. The highest BCUT2D eigenvalue weighted by molar-refractivity contribution is 5.55. The van der Waals surface area contributed by atoms with Crippen molar-refractivity contribution >= 4 is 11.4 Å². The van der Waals surface area contributed by atoms with Gasteiger partial charge in [-0.25, -0.2) is 0 Å². The summed E-state index contributed by atoms with van der Waals surface area (Å²) >= 11 is 0. The molecule has 0 radical (unpaired) electrons. The zero-order chi connectivity index (χ0) is 16.2. The van der Waals surface area contributed by atoms with Gasteiger partial charge in [0.1, 0.15) is 0 Å². The van der Waals surface area contributed by atoms with E-state index in [4.69, 9.17) is 4.74 Å². The molecule has 0 bridgehead atoms. The third-order valence-corrected chi connectivity index (χ3v) is 4.32. The predicted octanol–water partition coefficient (Wildman–Crippen LogP) is 4.09. The third-order valence-electron chi connectivity index (χ3n) is 4.32. The average molecular weight is 312 g/mol. The van der Waals surface area contributed by atoms with E-state index >= 15 is 0 Å². The van der Waals surface area contributed by atoms with Crippen molar-refractivity contribution in [3.8, 4) is 0 Å². The summed E-state index contributed by atoms with van der Waals surface area (Å²) in [6.45, 7) is 3.44. The van der Waals surface area contributed by atoms with Gasteiger partial charge in [0.25, 0.3) is 5.69 Å². The van der Waals surface area contributed by atoms with Crippen LogP contribution in [0.25, 0.3) is 0 Å². The van der Waals surface area contributed by atoms with Gasteiger partial charge < -0.3 is 10.1 Å². The molecule has 5 nitrogen and oxygen atoms in total. The van der Waals surface area contributed by atoms with Crippen molar-refractivity contribution in [2.75, 3.05) is 18.5 Å². The van der Waals surface area contributed by atoms with Crippen molar-refractivity contribution in [2.24, 2.45) is 5.92 Å². The molecule has 0 aromatic heterocycles. The first kappa shape index (κ1) is 15.5. The molecule has 1 aliphatic rings. The summed E-state index contributed by atoms with van der Waals surface area (Å²) in [4.78, 5) is 10.4. The molecule has 1 N–H and O–H groups in total. The Kier molecular flexibility index (Phi) is 4.57. The summed E-state index contributed by atoms with van der Waals surface area (Å²) in [5, 5.41) is 14.2. The summed E-state index contributed by atoms with van der Waals surface area (Å²) in [6.07, 6.45) is 1.13. The number of benzene rings is 2. The van der Waals surface area contributed by atoms with Crippen LogP contribution in [0.3, 0.4) is 0 Å². The zero-order valence-electron chi connectivity index (χ0n) is 13.1. The van der Waals surface area contributed by atoms with Gasteiger partial charge in [0.2, 0.25) is 0 Å². The van der Waals surface area contributed by atoms with Crippen molar-refractivity contribution in [3.63, 3.8) is 0 Å².